The largest absolute Gasteiger partial charge is 0.244 e. The van der Waals surface area contributed by atoms with Gasteiger partial charge in [0.1, 0.15) is 0 Å². The SMILES string of the molecule is ClC(Cl)(Cl)c1cccc2nc3ccccc3nc12. The Morgan fingerprint density at radius 3 is 2.00 bits per heavy atom. The minimum Gasteiger partial charge on any atom is -0.244 e. The molecule has 3 aromatic rings. The van der Waals surface area contributed by atoms with Gasteiger partial charge in [-0.2, -0.15) is 0 Å². The molecule has 0 radical (unpaired) electrons. The summed E-state index contributed by atoms with van der Waals surface area (Å²) in [6, 6.07) is 13.0. The van der Waals surface area contributed by atoms with Crippen LogP contribution in [0.15, 0.2) is 42.5 Å². The minimum atomic E-state index is -1.50. The summed E-state index contributed by atoms with van der Waals surface area (Å²) >= 11 is 17.9. The van der Waals surface area contributed by atoms with E-state index < -0.39 is 3.79 Å². The van der Waals surface area contributed by atoms with E-state index in [0.29, 0.717) is 11.1 Å². The zero-order valence-electron chi connectivity index (χ0n) is 9.07. The molecule has 2 nitrogen and oxygen atoms in total. The van der Waals surface area contributed by atoms with Crippen LogP contribution < -0.4 is 0 Å². The molecule has 3 rings (SSSR count). The van der Waals surface area contributed by atoms with Gasteiger partial charge in [0.15, 0.2) is 0 Å². The van der Waals surface area contributed by atoms with Gasteiger partial charge in [-0.25, -0.2) is 9.97 Å². The molecule has 0 fully saturated rings. The molecule has 0 bridgehead atoms. The van der Waals surface area contributed by atoms with Gasteiger partial charge in [-0.3, -0.25) is 0 Å². The Morgan fingerprint density at radius 1 is 0.722 bits per heavy atom. The summed E-state index contributed by atoms with van der Waals surface area (Å²) in [4.78, 5) is 9.04. The van der Waals surface area contributed by atoms with Crippen LogP contribution in [0.25, 0.3) is 22.1 Å². The number of rotatable bonds is 0. The summed E-state index contributed by atoms with van der Waals surface area (Å²) in [6.45, 7) is 0. The number of alkyl halides is 3. The average molecular weight is 298 g/mol. The fourth-order valence-corrected chi connectivity index (χ4v) is 2.33. The van der Waals surface area contributed by atoms with Crippen molar-refractivity contribution in [3.63, 3.8) is 0 Å². The molecular formula is C13H7Cl3N2. The van der Waals surface area contributed by atoms with Crippen LogP contribution in [-0.4, -0.2) is 9.97 Å². The van der Waals surface area contributed by atoms with Crippen molar-refractivity contribution in [1.29, 1.82) is 0 Å². The quantitative estimate of drug-likeness (QED) is 0.447. The Morgan fingerprint density at radius 2 is 1.33 bits per heavy atom. The predicted molar refractivity (Wildman–Crippen MR) is 76.3 cm³/mol. The molecule has 0 amide bonds. The molecule has 0 aliphatic carbocycles. The van der Waals surface area contributed by atoms with Gasteiger partial charge in [-0.1, -0.05) is 59.1 Å². The van der Waals surface area contributed by atoms with Gasteiger partial charge >= 0.3 is 0 Å². The lowest BCUT2D eigenvalue weighted by atomic mass is 10.2. The molecule has 0 saturated heterocycles. The highest BCUT2D eigenvalue weighted by Gasteiger charge is 2.26. The molecule has 0 spiro atoms. The Labute approximate surface area is 119 Å². The molecular weight excluding hydrogens is 291 g/mol. The summed E-state index contributed by atoms with van der Waals surface area (Å²) in [5, 5.41) is 0. The van der Waals surface area contributed by atoms with E-state index in [1.54, 1.807) is 6.07 Å². The fourth-order valence-electron chi connectivity index (χ4n) is 1.87. The lowest BCUT2D eigenvalue weighted by Gasteiger charge is -2.13. The van der Waals surface area contributed by atoms with Crippen molar-refractivity contribution in [2.45, 2.75) is 3.79 Å². The van der Waals surface area contributed by atoms with Gasteiger partial charge in [0, 0.05) is 5.56 Å². The first-order valence-corrected chi connectivity index (χ1v) is 6.42. The first kappa shape index (κ1) is 12.0. The third-order valence-corrected chi connectivity index (χ3v) is 3.29. The third-order valence-electron chi connectivity index (χ3n) is 2.68. The summed E-state index contributed by atoms with van der Waals surface area (Å²) in [5.74, 6) is 0. The van der Waals surface area contributed by atoms with Crippen LogP contribution in [0.3, 0.4) is 0 Å². The van der Waals surface area contributed by atoms with E-state index in [1.165, 1.54) is 0 Å². The van der Waals surface area contributed by atoms with E-state index in [1.807, 2.05) is 36.4 Å². The van der Waals surface area contributed by atoms with Crippen LogP contribution in [0.5, 0.6) is 0 Å². The lowest BCUT2D eigenvalue weighted by Crippen LogP contribution is -2.03. The summed E-state index contributed by atoms with van der Waals surface area (Å²) in [6.07, 6.45) is 0. The maximum atomic E-state index is 5.95. The highest BCUT2D eigenvalue weighted by atomic mass is 35.6. The molecule has 1 aromatic heterocycles. The maximum absolute atomic E-state index is 5.95. The number of hydrogen-bond acceptors (Lipinski definition) is 2. The number of halogens is 3. The van der Waals surface area contributed by atoms with Gasteiger partial charge < -0.3 is 0 Å². The first-order valence-electron chi connectivity index (χ1n) is 5.28. The van der Waals surface area contributed by atoms with Gasteiger partial charge in [0.25, 0.3) is 0 Å². The maximum Gasteiger partial charge on any atom is 0.218 e. The van der Waals surface area contributed by atoms with Crippen LogP contribution in [0, 0.1) is 0 Å². The Hall–Kier alpha value is -1.09. The Bertz CT molecular complexity index is 735. The summed E-state index contributed by atoms with van der Waals surface area (Å²) in [7, 11) is 0. The predicted octanol–water partition coefficient (Wildman–Crippen LogP) is 4.61. The highest BCUT2D eigenvalue weighted by molar-refractivity contribution is 6.67. The molecule has 1 heterocycles. The summed E-state index contributed by atoms with van der Waals surface area (Å²) < 4.78 is -1.50. The van der Waals surface area contributed by atoms with Gasteiger partial charge in [-0.15, -0.1) is 0 Å². The summed E-state index contributed by atoms with van der Waals surface area (Å²) in [5.41, 5.74) is 3.50. The van der Waals surface area contributed by atoms with Gasteiger partial charge in [0.05, 0.1) is 22.1 Å². The van der Waals surface area contributed by atoms with Crippen LogP contribution >= 0.6 is 34.8 Å². The third kappa shape index (κ3) is 2.01. The van der Waals surface area contributed by atoms with Gasteiger partial charge in [0.2, 0.25) is 3.79 Å². The van der Waals surface area contributed by atoms with E-state index in [0.717, 1.165) is 16.6 Å². The molecule has 90 valence electrons. The van der Waals surface area contributed by atoms with Gasteiger partial charge in [-0.05, 0) is 18.2 Å². The Kier molecular flexibility index (Phi) is 2.81. The second-order valence-corrected chi connectivity index (χ2v) is 6.16. The van der Waals surface area contributed by atoms with E-state index in [2.05, 4.69) is 9.97 Å². The second-order valence-electron chi connectivity index (χ2n) is 3.88. The Balaban J connectivity index is 2.44. The van der Waals surface area contributed by atoms with Crippen molar-refractivity contribution >= 4 is 56.9 Å². The second kappa shape index (κ2) is 4.23. The lowest BCUT2D eigenvalue weighted by molar-refractivity contribution is 1.24. The number of fused-ring (bicyclic) bond motifs is 2. The van der Waals surface area contributed by atoms with Crippen molar-refractivity contribution in [3.05, 3.63) is 48.0 Å². The number of hydrogen-bond donors (Lipinski definition) is 0. The standard InChI is InChI=1S/C13H7Cl3N2/c14-13(15,16)8-4-3-7-11-12(8)18-10-6-2-1-5-9(10)17-11/h1-7H. The number of aromatic nitrogens is 2. The number of para-hydroxylation sites is 3. The van der Waals surface area contributed by atoms with Crippen LogP contribution in [-0.2, 0) is 3.79 Å². The van der Waals surface area contributed by atoms with E-state index in [9.17, 15) is 0 Å². The first-order chi connectivity index (χ1) is 8.55. The van der Waals surface area contributed by atoms with E-state index >= 15 is 0 Å². The molecule has 2 aromatic carbocycles. The molecule has 0 N–H and O–H groups in total. The number of nitrogens with zero attached hydrogens (tertiary/aromatic N) is 2. The monoisotopic (exact) mass is 296 g/mol. The molecule has 0 unspecified atom stereocenters. The molecule has 5 heteroatoms. The van der Waals surface area contributed by atoms with Crippen molar-refractivity contribution in [1.82, 2.24) is 9.97 Å². The molecule has 0 aliphatic heterocycles. The van der Waals surface area contributed by atoms with Crippen LogP contribution in [0.4, 0.5) is 0 Å². The topological polar surface area (TPSA) is 25.8 Å². The van der Waals surface area contributed by atoms with Crippen molar-refractivity contribution in [2.75, 3.05) is 0 Å². The van der Waals surface area contributed by atoms with Crippen molar-refractivity contribution in [2.24, 2.45) is 0 Å². The van der Waals surface area contributed by atoms with Crippen molar-refractivity contribution < 1.29 is 0 Å². The average Bonchev–Trinajstić information content (AvgIpc) is 2.34. The number of benzene rings is 2. The minimum absolute atomic E-state index is 0.545. The zero-order valence-corrected chi connectivity index (χ0v) is 11.3. The highest BCUT2D eigenvalue weighted by Crippen LogP contribution is 2.41. The fraction of sp³-hybridized carbons (Fsp3) is 0.0769. The molecule has 18 heavy (non-hydrogen) atoms. The van der Waals surface area contributed by atoms with Crippen molar-refractivity contribution in [3.8, 4) is 0 Å². The normalized spacial score (nSPS) is 12.2. The smallest absolute Gasteiger partial charge is 0.218 e. The molecule has 0 aliphatic rings. The molecule has 0 atom stereocenters. The van der Waals surface area contributed by atoms with Crippen LogP contribution in [0.2, 0.25) is 0 Å². The van der Waals surface area contributed by atoms with E-state index in [-0.39, 0.29) is 0 Å². The molecule has 0 saturated carbocycles. The van der Waals surface area contributed by atoms with Crippen LogP contribution in [0.1, 0.15) is 5.56 Å². The van der Waals surface area contributed by atoms with E-state index in [4.69, 9.17) is 34.8 Å². The zero-order chi connectivity index (χ0) is 12.8.